The molecule has 96 valence electrons. The number of hydrogen-bond acceptors (Lipinski definition) is 1. The first-order valence-corrected chi connectivity index (χ1v) is 7.14. The van der Waals surface area contributed by atoms with Crippen molar-refractivity contribution in [3.8, 4) is 11.4 Å². The monoisotopic (exact) mass is 334 g/mol. The summed E-state index contributed by atoms with van der Waals surface area (Å²) in [5.74, 6) is 0.896. The number of aryl methyl sites for hydroxylation is 2. The van der Waals surface area contributed by atoms with E-state index in [4.69, 9.17) is 11.6 Å². The van der Waals surface area contributed by atoms with Crippen LogP contribution in [0.5, 0.6) is 0 Å². The van der Waals surface area contributed by atoms with E-state index < -0.39 is 0 Å². The number of fused-ring (bicyclic) bond motifs is 1. The number of imidazole rings is 1. The van der Waals surface area contributed by atoms with Gasteiger partial charge < -0.3 is 0 Å². The van der Waals surface area contributed by atoms with Gasteiger partial charge in [0.2, 0.25) is 0 Å². The second-order valence-electron chi connectivity index (χ2n) is 4.63. The van der Waals surface area contributed by atoms with Crippen LogP contribution in [0.1, 0.15) is 11.1 Å². The van der Waals surface area contributed by atoms with Gasteiger partial charge in [-0.2, -0.15) is 0 Å². The number of halogens is 2. The predicted octanol–water partition coefficient (Wildman–Crippen LogP) is 5.03. The van der Waals surface area contributed by atoms with Crippen molar-refractivity contribution >= 4 is 33.0 Å². The van der Waals surface area contributed by atoms with Crippen LogP contribution in [0.2, 0.25) is 5.02 Å². The lowest BCUT2D eigenvalue weighted by atomic mass is 10.1. The molecule has 0 amide bonds. The molecule has 0 aliphatic rings. The van der Waals surface area contributed by atoms with Crippen LogP contribution in [-0.2, 0) is 0 Å². The first-order chi connectivity index (χ1) is 9.06. The number of aromatic nitrogens is 2. The number of benzene rings is 1. The number of hydrogen-bond donors (Lipinski definition) is 0. The highest BCUT2D eigenvalue weighted by atomic mass is 79.9. The van der Waals surface area contributed by atoms with E-state index in [0.717, 1.165) is 21.5 Å². The Morgan fingerprint density at radius 2 is 1.89 bits per heavy atom. The van der Waals surface area contributed by atoms with Crippen molar-refractivity contribution in [3.63, 3.8) is 0 Å². The van der Waals surface area contributed by atoms with Crippen LogP contribution in [0.4, 0.5) is 0 Å². The summed E-state index contributed by atoms with van der Waals surface area (Å²) in [5.41, 5.74) is 4.64. The molecule has 4 heteroatoms. The lowest BCUT2D eigenvalue weighted by Gasteiger charge is -2.05. The summed E-state index contributed by atoms with van der Waals surface area (Å²) in [6.07, 6.45) is 1.89. The first kappa shape index (κ1) is 12.7. The average molecular weight is 336 g/mol. The SMILES string of the molecule is Cc1ccc(-c2nc(Br)c3ccc(Cl)cn23)cc1C. The molecule has 0 saturated carbocycles. The zero-order valence-corrected chi connectivity index (χ0v) is 13.0. The smallest absolute Gasteiger partial charge is 0.145 e. The number of rotatable bonds is 1. The van der Waals surface area contributed by atoms with Gasteiger partial charge in [0.25, 0.3) is 0 Å². The third-order valence-corrected chi connectivity index (χ3v) is 4.13. The van der Waals surface area contributed by atoms with Gasteiger partial charge >= 0.3 is 0 Å². The molecule has 0 atom stereocenters. The second kappa shape index (κ2) is 4.66. The Morgan fingerprint density at radius 3 is 2.63 bits per heavy atom. The van der Waals surface area contributed by atoms with E-state index in [1.54, 1.807) is 0 Å². The Labute approximate surface area is 125 Å². The molecule has 0 N–H and O–H groups in total. The molecule has 19 heavy (non-hydrogen) atoms. The minimum atomic E-state index is 0.697. The predicted molar refractivity (Wildman–Crippen MR) is 82.8 cm³/mol. The molecule has 0 radical (unpaired) electrons. The summed E-state index contributed by atoms with van der Waals surface area (Å²) >= 11 is 9.58. The molecule has 1 aromatic carbocycles. The summed E-state index contributed by atoms with van der Waals surface area (Å²) in [4.78, 5) is 4.59. The summed E-state index contributed by atoms with van der Waals surface area (Å²) < 4.78 is 2.84. The summed E-state index contributed by atoms with van der Waals surface area (Å²) in [7, 11) is 0. The highest BCUT2D eigenvalue weighted by molar-refractivity contribution is 9.10. The highest BCUT2D eigenvalue weighted by Gasteiger charge is 2.11. The van der Waals surface area contributed by atoms with Gasteiger partial charge in [-0.05, 0) is 59.1 Å². The molecular formula is C15H12BrClN2. The maximum absolute atomic E-state index is 6.08. The first-order valence-electron chi connectivity index (χ1n) is 5.97. The van der Waals surface area contributed by atoms with Gasteiger partial charge in [-0.25, -0.2) is 4.98 Å². The van der Waals surface area contributed by atoms with Gasteiger partial charge in [0.1, 0.15) is 10.4 Å². The standard InChI is InChI=1S/C15H12BrClN2/c1-9-3-4-11(7-10(9)2)15-18-14(16)13-6-5-12(17)8-19(13)15/h3-8H,1-2H3. The Balaban J connectivity index is 2.29. The van der Waals surface area contributed by atoms with Gasteiger partial charge in [0.15, 0.2) is 0 Å². The fourth-order valence-corrected chi connectivity index (χ4v) is 2.76. The van der Waals surface area contributed by atoms with Crippen LogP contribution in [0.3, 0.4) is 0 Å². The third kappa shape index (κ3) is 2.17. The minimum Gasteiger partial charge on any atom is -0.297 e. The van der Waals surface area contributed by atoms with Crippen molar-refractivity contribution in [2.24, 2.45) is 0 Å². The third-order valence-electron chi connectivity index (χ3n) is 3.32. The Bertz CT molecular complexity index is 777. The molecule has 3 aromatic rings. The second-order valence-corrected chi connectivity index (χ2v) is 5.82. The maximum atomic E-state index is 6.08. The van der Waals surface area contributed by atoms with E-state index in [1.165, 1.54) is 11.1 Å². The quantitative estimate of drug-likeness (QED) is 0.609. The summed E-state index contributed by atoms with van der Waals surface area (Å²) in [6, 6.07) is 10.2. The topological polar surface area (TPSA) is 17.3 Å². The molecule has 0 aliphatic carbocycles. The van der Waals surface area contributed by atoms with Crippen molar-refractivity contribution in [1.29, 1.82) is 0 Å². The minimum absolute atomic E-state index is 0.697. The van der Waals surface area contributed by atoms with Gasteiger partial charge in [0, 0.05) is 11.8 Å². The fraction of sp³-hybridized carbons (Fsp3) is 0.133. The largest absolute Gasteiger partial charge is 0.297 e. The van der Waals surface area contributed by atoms with Gasteiger partial charge in [-0.1, -0.05) is 23.7 Å². The summed E-state index contributed by atoms with van der Waals surface area (Å²) in [6.45, 7) is 4.21. The van der Waals surface area contributed by atoms with E-state index >= 15 is 0 Å². The van der Waals surface area contributed by atoms with Crippen LogP contribution in [0.25, 0.3) is 16.9 Å². The van der Waals surface area contributed by atoms with Crippen LogP contribution >= 0.6 is 27.5 Å². The molecule has 2 aromatic heterocycles. The molecule has 0 saturated heterocycles. The van der Waals surface area contributed by atoms with E-state index in [0.29, 0.717) is 5.02 Å². The van der Waals surface area contributed by atoms with Gasteiger partial charge in [-0.15, -0.1) is 0 Å². The van der Waals surface area contributed by atoms with E-state index in [1.807, 2.05) is 22.7 Å². The molecule has 2 heterocycles. The molecule has 0 spiro atoms. The molecule has 0 aliphatic heterocycles. The fourth-order valence-electron chi connectivity index (χ4n) is 2.11. The van der Waals surface area contributed by atoms with Crippen molar-refractivity contribution < 1.29 is 0 Å². The van der Waals surface area contributed by atoms with E-state index in [2.05, 4.69) is 53.0 Å². The number of pyridine rings is 1. The molecule has 0 unspecified atom stereocenters. The summed E-state index contributed by atoms with van der Waals surface area (Å²) in [5, 5.41) is 0.697. The molecule has 0 bridgehead atoms. The zero-order valence-electron chi connectivity index (χ0n) is 10.6. The lowest BCUT2D eigenvalue weighted by Crippen LogP contribution is -1.90. The van der Waals surface area contributed by atoms with Crippen molar-refractivity contribution in [2.75, 3.05) is 0 Å². The Hall–Kier alpha value is -1.32. The van der Waals surface area contributed by atoms with Gasteiger partial charge in [0.05, 0.1) is 10.5 Å². The van der Waals surface area contributed by atoms with Crippen molar-refractivity contribution in [1.82, 2.24) is 9.38 Å². The van der Waals surface area contributed by atoms with Gasteiger partial charge in [-0.3, -0.25) is 4.40 Å². The zero-order chi connectivity index (χ0) is 13.6. The molecule has 2 nitrogen and oxygen atoms in total. The molecular weight excluding hydrogens is 324 g/mol. The van der Waals surface area contributed by atoms with Crippen molar-refractivity contribution in [3.05, 3.63) is 57.3 Å². The van der Waals surface area contributed by atoms with Crippen LogP contribution in [0, 0.1) is 13.8 Å². The number of nitrogens with zero attached hydrogens (tertiary/aromatic N) is 2. The average Bonchev–Trinajstić information content (AvgIpc) is 2.70. The molecule has 3 rings (SSSR count). The van der Waals surface area contributed by atoms with Crippen LogP contribution in [0.15, 0.2) is 41.1 Å². The van der Waals surface area contributed by atoms with Crippen LogP contribution < -0.4 is 0 Å². The molecule has 0 fully saturated rings. The van der Waals surface area contributed by atoms with E-state index in [-0.39, 0.29) is 0 Å². The normalized spacial score (nSPS) is 11.2. The Morgan fingerprint density at radius 1 is 1.11 bits per heavy atom. The highest BCUT2D eigenvalue weighted by Crippen LogP contribution is 2.28. The maximum Gasteiger partial charge on any atom is 0.145 e. The van der Waals surface area contributed by atoms with Crippen molar-refractivity contribution in [2.45, 2.75) is 13.8 Å². The van der Waals surface area contributed by atoms with Crippen LogP contribution in [-0.4, -0.2) is 9.38 Å². The lowest BCUT2D eigenvalue weighted by molar-refractivity contribution is 1.16. The Kier molecular flexibility index (Phi) is 3.11. The van der Waals surface area contributed by atoms with E-state index in [9.17, 15) is 0 Å².